The fraction of sp³-hybridized carbons (Fsp3) is 1.00. The molecule has 1 atom stereocenters. The molecule has 0 spiro atoms. The maximum atomic E-state index is 5.72. The topological polar surface area (TPSA) is 30.9 Å². The number of rotatable bonds is 12. The standard InChI is InChI=1S/C12H28NO3P/c1-5-8-10-14-11-12-16-17(13(4)7-3)15-9-6-2/h5-12H2,1-4H3. The second kappa shape index (κ2) is 12.7. The minimum Gasteiger partial charge on any atom is -0.379 e. The Morgan fingerprint density at radius 3 is 2.18 bits per heavy atom. The summed E-state index contributed by atoms with van der Waals surface area (Å²) >= 11 is 0. The molecule has 0 aliphatic rings. The van der Waals surface area contributed by atoms with Crippen LogP contribution in [0.4, 0.5) is 0 Å². The van der Waals surface area contributed by atoms with Crippen molar-refractivity contribution in [1.82, 2.24) is 4.67 Å². The lowest BCUT2D eigenvalue weighted by Crippen LogP contribution is -2.16. The van der Waals surface area contributed by atoms with Crippen LogP contribution in [0.1, 0.15) is 40.0 Å². The first-order valence-electron chi connectivity index (χ1n) is 6.60. The summed E-state index contributed by atoms with van der Waals surface area (Å²) < 4.78 is 19.0. The molecule has 0 aromatic rings. The number of nitrogens with zero attached hydrogens (tertiary/aromatic N) is 1. The second-order valence-corrected chi connectivity index (χ2v) is 5.52. The molecule has 0 saturated heterocycles. The van der Waals surface area contributed by atoms with E-state index >= 15 is 0 Å². The quantitative estimate of drug-likeness (QED) is 0.399. The zero-order valence-corrected chi connectivity index (χ0v) is 12.7. The van der Waals surface area contributed by atoms with E-state index in [1.54, 1.807) is 0 Å². The summed E-state index contributed by atoms with van der Waals surface area (Å²) in [6.07, 6.45) is 3.31. The first kappa shape index (κ1) is 17.3. The largest absolute Gasteiger partial charge is 0.379 e. The van der Waals surface area contributed by atoms with Gasteiger partial charge in [0.2, 0.25) is 0 Å². The fourth-order valence-corrected chi connectivity index (χ4v) is 2.31. The van der Waals surface area contributed by atoms with E-state index in [9.17, 15) is 0 Å². The van der Waals surface area contributed by atoms with E-state index in [-0.39, 0.29) is 0 Å². The van der Waals surface area contributed by atoms with Gasteiger partial charge < -0.3 is 13.8 Å². The van der Waals surface area contributed by atoms with E-state index in [4.69, 9.17) is 13.8 Å². The third-order valence-electron chi connectivity index (χ3n) is 2.21. The molecule has 0 aliphatic heterocycles. The lowest BCUT2D eigenvalue weighted by Gasteiger charge is -2.24. The average Bonchev–Trinajstić information content (AvgIpc) is 2.36. The van der Waals surface area contributed by atoms with Gasteiger partial charge in [-0.1, -0.05) is 27.2 Å². The van der Waals surface area contributed by atoms with Crippen LogP contribution in [-0.4, -0.2) is 44.7 Å². The van der Waals surface area contributed by atoms with E-state index < -0.39 is 8.53 Å². The Kier molecular flexibility index (Phi) is 12.9. The summed E-state index contributed by atoms with van der Waals surface area (Å²) in [5.41, 5.74) is 0. The Balaban J connectivity index is 3.60. The van der Waals surface area contributed by atoms with E-state index in [2.05, 4.69) is 25.4 Å². The number of hydrogen-bond donors (Lipinski definition) is 0. The summed E-state index contributed by atoms with van der Waals surface area (Å²) in [5, 5.41) is 0. The number of unbranched alkanes of at least 4 members (excludes halogenated alkanes) is 1. The van der Waals surface area contributed by atoms with Crippen LogP contribution in [0.2, 0.25) is 0 Å². The third-order valence-corrected chi connectivity index (χ3v) is 3.86. The van der Waals surface area contributed by atoms with Gasteiger partial charge in [-0.15, -0.1) is 0 Å². The Bertz CT molecular complexity index is 161. The highest BCUT2D eigenvalue weighted by Gasteiger charge is 2.15. The van der Waals surface area contributed by atoms with Gasteiger partial charge in [0, 0.05) is 13.2 Å². The molecule has 0 radical (unpaired) electrons. The van der Waals surface area contributed by atoms with Crippen LogP contribution in [-0.2, 0) is 13.8 Å². The van der Waals surface area contributed by atoms with Crippen molar-refractivity contribution in [1.29, 1.82) is 0 Å². The molecule has 0 aliphatic carbocycles. The summed E-state index contributed by atoms with van der Waals surface area (Å²) in [6.45, 7) is 10.2. The summed E-state index contributed by atoms with van der Waals surface area (Å²) in [7, 11) is 1.13. The summed E-state index contributed by atoms with van der Waals surface area (Å²) in [5.74, 6) is 0. The van der Waals surface area contributed by atoms with Crippen LogP contribution in [0.3, 0.4) is 0 Å². The summed E-state index contributed by atoms with van der Waals surface area (Å²) in [4.78, 5) is 0. The Morgan fingerprint density at radius 1 is 0.882 bits per heavy atom. The predicted molar refractivity (Wildman–Crippen MR) is 73.1 cm³/mol. The van der Waals surface area contributed by atoms with Crippen molar-refractivity contribution in [2.24, 2.45) is 0 Å². The predicted octanol–water partition coefficient (Wildman–Crippen LogP) is 3.42. The van der Waals surface area contributed by atoms with E-state index in [1.165, 1.54) is 6.42 Å². The van der Waals surface area contributed by atoms with E-state index in [1.807, 2.05) is 7.05 Å². The van der Waals surface area contributed by atoms with Crippen molar-refractivity contribution < 1.29 is 13.8 Å². The van der Waals surface area contributed by atoms with E-state index in [0.717, 1.165) is 32.6 Å². The monoisotopic (exact) mass is 265 g/mol. The smallest absolute Gasteiger partial charge is 0.258 e. The molecular formula is C12H28NO3P. The van der Waals surface area contributed by atoms with Gasteiger partial charge in [0.1, 0.15) is 0 Å². The molecule has 0 N–H and O–H groups in total. The van der Waals surface area contributed by atoms with Crippen molar-refractivity contribution in [3.05, 3.63) is 0 Å². The second-order valence-electron chi connectivity index (χ2n) is 3.84. The maximum Gasteiger partial charge on any atom is 0.258 e. The van der Waals surface area contributed by atoms with E-state index in [0.29, 0.717) is 13.2 Å². The van der Waals surface area contributed by atoms with Gasteiger partial charge in [-0.25, -0.2) is 4.67 Å². The van der Waals surface area contributed by atoms with Gasteiger partial charge in [-0.3, -0.25) is 0 Å². The van der Waals surface area contributed by atoms with Gasteiger partial charge in [-0.05, 0) is 19.9 Å². The van der Waals surface area contributed by atoms with Crippen LogP contribution in [0.25, 0.3) is 0 Å². The van der Waals surface area contributed by atoms with Crippen LogP contribution in [0, 0.1) is 0 Å². The van der Waals surface area contributed by atoms with Gasteiger partial charge in [0.05, 0.1) is 19.8 Å². The zero-order chi connectivity index (χ0) is 12.9. The lowest BCUT2D eigenvalue weighted by atomic mass is 10.4. The highest BCUT2D eigenvalue weighted by molar-refractivity contribution is 7.44. The maximum absolute atomic E-state index is 5.72. The molecule has 0 heterocycles. The minimum absolute atomic E-state index is 0.615. The van der Waals surface area contributed by atoms with Crippen molar-refractivity contribution in [2.45, 2.75) is 40.0 Å². The number of hydrogen-bond acceptors (Lipinski definition) is 4. The van der Waals surface area contributed by atoms with Crippen molar-refractivity contribution in [3.8, 4) is 0 Å². The molecule has 4 nitrogen and oxygen atoms in total. The van der Waals surface area contributed by atoms with Crippen LogP contribution in [0.5, 0.6) is 0 Å². The third kappa shape index (κ3) is 9.93. The molecule has 0 bridgehead atoms. The van der Waals surface area contributed by atoms with Gasteiger partial charge in [0.15, 0.2) is 0 Å². The molecule has 1 unspecified atom stereocenters. The fourth-order valence-electron chi connectivity index (χ4n) is 1.04. The molecule has 0 aromatic carbocycles. The van der Waals surface area contributed by atoms with Crippen LogP contribution in [0.15, 0.2) is 0 Å². The molecule has 0 saturated carbocycles. The molecular weight excluding hydrogens is 237 g/mol. The van der Waals surface area contributed by atoms with Crippen LogP contribution >= 0.6 is 8.53 Å². The molecule has 104 valence electrons. The first-order valence-corrected chi connectivity index (χ1v) is 7.73. The zero-order valence-electron chi connectivity index (χ0n) is 11.8. The molecule has 0 aromatic heterocycles. The summed E-state index contributed by atoms with van der Waals surface area (Å²) in [6, 6.07) is 0. The Hall–Kier alpha value is 0.270. The van der Waals surface area contributed by atoms with Gasteiger partial charge in [0.25, 0.3) is 8.53 Å². The molecule has 17 heavy (non-hydrogen) atoms. The van der Waals surface area contributed by atoms with Crippen molar-refractivity contribution >= 4 is 8.53 Å². The first-order chi connectivity index (χ1) is 8.26. The highest BCUT2D eigenvalue weighted by Crippen LogP contribution is 2.41. The van der Waals surface area contributed by atoms with Gasteiger partial charge in [-0.2, -0.15) is 0 Å². The van der Waals surface area contributed by atoms with Crippen molar-refractivity contribution in [2.75, 3.05) is 40.0 Å². The number of ether oxygens (including phenoxy) is 1. The highest BCUT2D eigenvalue weighted by atomic mass is 31.2. The molecule has 5 heteroatoms. The molecule has 0 amide bonds. The Morgan fingerprint density at radius 2 is 1.59 bits per heavy atom. The average molecular weight is 265 g/mol. The lowest BCUT2D eigenvalue weighted by molar-refractivity contribution is 0.0910. The Labute approximate surface area is 108 Å². The minimum atomic E-state index is -0.899. The molecule has 0 rings (SSSR count). The van der Waals surface area contributed by atoms with Gasteiger partial charge >= 0.3 is 0 Å². The van der Waals surface area contributed by atoms with Crippen LogP contribution < -0.4 is 0 Å². The molecule has 0 fully saturated rings. The van der Waals surface area contributed by atoms with Crippen molar-refractivity contribution in [3.63, 3.8) is 0 Å². The SMILES string of the molecule is CCCCOCCOP(OCCC)N(C)CC. The normalized spacial score (nSPS) is 13.2.